The molecule has 0 spiro atoms. The van der Waals surface area contributed by atoms with Crippen LogP contribution in [0.2, 0.25) is 0 Å². The molecule has 2 aromatic carbocycles. The first-order valence-electron chi connectivity index (χ1n) is 8.66. The van der Waals surface area contributed by atoms with E-state index in [0.717, 1.165) is 9.99 Å². The fraction of sp³-hybridized carbons (Fsp3) is 0.150. The highest BCUT2D eigenvalue weighted by atomic mass is 79.9. The third kappa shape index (κ3) is 4.07. The third-order valence-corrected chi connectivity index (χ3v) is 4.61. The molecule has 7 nitrogen and oxygen atoms in total. The Kier molecular flexibility index (Phi) is 5.12. The molecular weight excluding hydrogens is 424 g/mol. The van der Waals surface area contributed by atoms with Crippen LogP contribution in [0.15, 0.2) is 69.7 Å². The van der Waals surface area contributed by atoms with Gasteiger partial charge >= 0.3 is 0 Å². The van der Waals surface area contributed by atoms with E-state index in [0.29, 0.717) is 22.9 Å². The molecule has 0 aliphatic rings. The van der Waals surface area contributed by atoms with Crippen molar-refractivity contribution in [2.45, 2.75) is 19.7 Å². The number of para-hydroxylation sites is 2. The molecule has 0 bridgehead atoms. The molecule has 2 heterocycles. The van der Waals surface area contributed by atoms with E-state index in [9.17, 15) is 4.79 Å². The first kappa shape index (κ1) is 18.2. The molecule has 1 unspecified atom stereocenters. The molecule has 4 rings (SSSR count). The van der Waals surface area contributed by atoms with Crippen LogP contribution in [0.3, 0.4) is 0 Å². The van der Waals surface area contributed by atoms with E-state index in [4.69, 9.17) is 9.15 Å². The van der Waals surface area contributed by atoms with Crippen molar-refractivity contribution in [1.29, 1.82) is 0 Å². The molecule has 2 aromatic heterocycles. The second-order valence-electron chi connectivity index (χ2n) is 6.18. The summed E-state index contributed by atoms with van der Waals surface area (Å²) in [5.74, 6) is 0.860. The Morgan fingerprint density at radius 3 is 2.79 bits per heavy atom. The summed E-state index contributed by atoms with van der Waals surface area (Å²) in [6, 6.07) is 16.2. The maximum Gasteiger partial charge on any atom is 0.272 e. The van der Waals surface area contributed by atoms with Crippen LogP contribution in [0.1, 0.15) is 29.3 Å². The summed E-state index contributed by atoms with van der Waals surface area (Å²) in [6.45, 7) is 2.02. The van der Waals surface area contributed by atoms with Gasteiger partial charge in [0.05, 0.1) is 0 Å². The lowest BCUT2D eigenvalue weighted by molar-refractivity contribution is 0.0927. The number of hydrogen-bond acceptors (Lipinski definition) is 5. The highest BCUT2D eigenvalue weighted by Crippen LogP contribution is 2.20. The third-order valence-electron chi connectivity index (χ3n) is 4.08. The summed E-state index contributed by atoms with van der Waals surface area (Å²) >= 11 is 3.38. The summed E-state index contributed by atoms with van der Waals surface area (Å²) in [5, 5.41) is 7.10. The SMILES string of the molecule is CC(NC(=O)c1ccn(COc2ccc(Br)cc2)n1)c1nc2ccccc2o1. The first-order valence-corrected chi connectivity index (χ1v) is 9.46. The first-order chi connectivity index (χ1) is 13.6. The van der Waals surface area contributed by atoms with Crippen LogP contribution >= 0.6 is 15.9 Å². The zero-order valence-electron chi connectivity index (χ0n) is 15.0. The van der Waals surface area contributed by atoms with Gasteiger partial charge in [0.1, 0.15) is 23.0 Å². The number of halogens is 1. The van der Waals surface area contributed by atoms with Gasteiger partial charge in [0.15, 0.2) is 12.3 Å². The topological polar surface area (TPSA) is 82.2 Å². The van der Waals surface area contributed by atoms with Crippen molar-refractivity contribution in [1.82, 2.24) is 20.1 Å². The fourth-order valence-corrected chi connectivity index (χ4v) is 2.90. The quantitative estimate of drug-likeness (QED) is 0.482. The lowest BCUT2D eigenvalue weighted by Crippen LogP contribution is -2.27. The zero-order valence-corrected chi connectivity index (χ0v) is 16.6. The van der Waals surface area contributed by atoms with Crippen molar-refractivity contribution >= 4 is 32.9 Å². The lowest BCUT2D eigenvalue weighted by atomic mass is 10.3. The van der Waals surface area contributed by atoms with E-state index >= 15 is 0 Å². The van der Waals surface area contributed by atoms with Crippen molar-refractivity contribution in [3.05, 3.63) is 76.9 Å². The molecule has 1 amide bonds. The molecule has 0 saturated carbocycles. The highest BCUT2D eigenvalue weighted by molar-refractivity contribution is 9.10. The van der Waals surface area contributed by atoms with Crippen LogP contribution in [0.4, 0.5) is 0 Å². The molecular formula is C20H17BrN4O3. The standard InChI is InChI=1S/C20H17BrN4O3/c1-13(20-23-16-4-2-3-5-18(16)28-20)22-19(26)17-10-11-25(24-17)12-27-15-8-6-14(21)7-9-15/h2-11,13H,12H2,1H3,(H,22,26). The molecule has 0 fully saturated rings. The average Bonchev–Trinajstić information content (AvgIpc) is 3.34. The lowest BCUT2D eigenvalue weighted by Gasteiger charge is -2.09. The molecule has 1 atom stereocenters. The van der Waals surface area contributed by atoms with Crippen molar-refractivity contribution in [3.63, 3.8) is 0 Å². The molecule has 142 valence electrons. The van der Waals surface area contributed by atoms with Gasteiger partial charge in [-0.2, -0.15) is 5.10 Å². The Labute approximate surface area is 169 Å². The number of carbonyl (C=O) groups excluding carboxylic acids is 1. The van der Waals surface area contributed by atoms with Crippen molar-refractivity contribution in [3.8, 4) is 5.75 Å². The maximum atomic E-state index is 12.5. The number of aromatic nitrogens is 3. The number of rotatable bonds is 6. The average molecular weight is 441 g/mol. The summed E-state index contributed by atoms with van der Waals surface area (Å²) in [5.41, 5.74) is 1.74. The minimum atomic E-state index is -0.385. The summed E-state index contributed by atoms with van der Waals surface area (Å²) in [7, 11) is 0. The second kappa shape index (κ2) is 7.85. The number of nitrogens with zero attached hydrogens (tertiary/aromatic N) is 3. The van der Waals surface area contributed by atoms with Gasteiger partial charge in [-0.05, 0) is 49.4 Å². The zero-order chi connectivity index (χ0) is 19.5. The Hall–Kier alpha value is -3.13. The Bertz CT molecular complexity index is 1070. The number of benzene rings is 2. The van der Waals surface area contributed by atoms with Crippen LogP contribution in [0, 0.1) is 0 Å². The van der Waals surface area contributed by atoms with E-state index in [1.54, 1.807) is 16.9 Å². The van der Waals surface area contributed by atoms with Gasteiger partial charge in [0.25, 0.3) is 5.91 Å². The molecule has 4 aromatic rings. The predicted octanol–water partition coefficient (Wildman–Crippen LogP) is 4.31. The Morgan fingerprint density at radius 1 is 1.21 bits per heavy atom. The molecule has 0 saturated heterocycles. The van der Waals surface area contributed by atoms with Crippen LogP contribution < -0.4 is 10.1 Å². The number of carbonyl (C=O) groups is 1. The largest absolute Gasteiger partial charge is 0.471 e. The van der Waals surface area contributed by atoms with Crippen LogP contribution in [0.5, 0.6) is 5.75 Å². The molecule has 0 radical (unpaired) electrons. The monoisotopic (exact) mass is 440 g/mol. The van der Waals surface area contributed by atoms with Gasteiger partial charge in [-0.15, -0.1) is 0 Å². The highest BCUT2D eigenvalue weighted by Gasteiger charge is 2.18. The Balaban J connectivity index is 1.37. The molecule has 0 aliphatic heterocycles. The van der Waals surface area contributed by atoms with Crippen LogP contribution in [0.25, 0.3) is 11.1 Å². The summed E-state index contributed by atoms with van der Waals surface area (Å²) < 4.78 is 13.9. The maximum absolute atomic E-state index is 12.5. The number of fused-ring (bicyclic) bond motifs is 1. The van der Waals surface area contributed by atoms with Crippen LogP contribution in [-0.4, -0.2) is 20.7 Å². The van der Waals surface area contributed by atoms with E-state index in [-0.39, 0.29) is 18.7 Å². The number of amides is 1. The van der Waals surface area contributed by atoms with Gasteiger partial charge < -0.3 is 14.5 Å². The minimum absolute atomic E-state index is 0.204. The molecule has 8 heteroatoms. The smallest absolute Gasteiger partial charge is 0.272 e. The van der Waals surface area contributed by atoms with Gasteiger partial charge in [-0.25, -0.2) is 9.67 Å². The minimum Gasteiger partial charge on any atom is -0.471 e. The van der Waals surface area contributed by atoms with Gasteiger partial charge in [-0.3, -0.25) is 4.79 Å². The summed E-state index contributed by atoms with van der Waals surface area (Å²) in [6.07, 6.45) is 1.69. The van der Waals surface area contributed by atoms with E-state index in [1.807, 2.05) is 55.5 Å². The van der Waals surface area contributed by atoms with Crippen molar-refractivity contribution in [2.24, 2.45) is 0 Å². The molecule has 28 heavy (non-hydrogen) atoms. The number of oxazole rings is 1. The number of hydrogen-bond donors (Lipinski definition) is 1. The van der Waals surface area contributed by atoms with Gasteiger partial charge in [0, 0.05) is 10.7 Å². The van der Waals surface area contributed by atoms with Crippen LogP contribution in [-0.2, 0) is 6.73 Å². The Morgan fingerprint density at radius 2 is 2.00 bits per heavy atom. The number of nitrogens with one attached hydrogen (secondary N) is 1. The summed E-state index contributed by atoms with van der Waals surface area (Å²) in [4.78, 5) is 16.9. The van der Waals surface area contributed by atoms with Gasteiger partial charge in [-0.1, -0.05) is 28.1 Å². The molecule has 0 aliphatic carbocycles. The fourth-order valence-electron chi connectivity index (χ4n) is 2.63. The van der Waals surface area contributed by atoms with E-state index in [1.165, 1.54) is 0 Å². The van der Waals surface area contributed by atoms with Crippen molar-refractivity contribution < 1.29 is 13.9 Å². The van der Waals surface area contributed by atoms with E-state index in [2.05, 4.69) is 31.3 Å². The second-order valence-corrected chi connectivity index (χ2v) is 7.10. The number of ether oxygens (including phenoxy) is 1. The van der Waals surface area contributed by atoms with E-state index < -0.39 is 0 Å². The normalized spacial score (nSPS) is 12.1. The predicted molar refractivity (Wildman–Crippen MR) is 107 cm³/mol. The van der Waals surface area contributed by atoms with Gasteiger partial charge in [0.2, 0.25) is 5.89 Å². The van der Waals surface area contributed by atoms with Crippen molar-refractivity contribution in [2.75, 3.05) is 0 Å². The molecule has 1 N–H and O–H groups in total.